The minimum atomic E-state index is -0.361. The average Bonchev–Trinajstić information content (AvgIpc) is 3.27. The van der Waals surface area contributed by atoms with Crippen LogP contribution in [-0.2, 0) is 6.42 Å². The van der Waals surface area contributed by atoms with Crippen LogP contribution in [0.15, 0.2) is 72.0 Å². The lowest BCUT2D eigenvalue weighted by atomic mass is 10.1. The zero-order valence-corrected chi connectivity index (χ0v) is 16.7. The molecule has 0 saturated heterocycles. The molecule has 0 aliphatic carbocycles. The summed E-state index contributed by atoms with van der Waals surface area (Å²) in [6, 6.07) is 16.6. The molecule has 0 bridgehead atoms. The maximum atomic E-state index is 13.7. The van der Waals surface area contributed by atoms with E-state index >= 15 is 0 Å². The summed E-state index contributed by atoms with van der Waals surface area (Å²) >= 11 is 0. The van der Waals surface area contributed by atoms with E-state index < -0.39 is 0 Å². The van der Waals surface area contributed by atoms with Gasteiger partial charge in [0.1, 0.15) is 6.10 Å². The molecule has 2 N–H and O–H groups in total. The molecule has 0 aliphatic rings. The highest BCUT2D eigenvalue weighted by atomic mass is 19.1. The smallest absolute Gasteiger partial charge is 0.191 e. The van der Waals surface area contributed by atoms with E-state index in [4.69, 9.17) is 4.74 Å². The molecule has 29 heavy (non-hydrogen) atoms. The van der Waals surface area contributed by atoms with Gasteiger partial charge in [-0.3, -0.25) is 4.99 Å². The molecule has 7 heteroatoms. The normalized spacial score (nSPS) is 12.4. The fraction of sp³-hybridized carbons (Fsp3) is 0.273. The third-order valence-electron chi connectivity index (χ3n) is 4.36. The predicted molar refractivity (Wildman–Crippen MR) is 113 cm³/mol. The highest BCUT2D eigenvalue weighted by Gasteiger charge is 2.08. The van der Waals surface area contributed by atoms with E-state index in [1.807, 2.05) is 23.9 Å². The number of guanidine groups is 1. The van der Waals surface area contributed by atoms with E-state index in [0.717, 1.165) is 18.7 Å². The van der Waals surface area contributed by atoms with Crippen LogP contribution in [0.2, 0.25) is 0 Å². The van der Waals surface area contributed by atoms with Crippen LogP contribution in [-0.4, -0.2) is 42.0 Å². The summed E-state index contributed by atoms with van der Waals surface area (Å²) in [5, 5.41) is 10.7. The number of nitrogens with one attached hydrogen (secondary N) is 2. The number of aromatic nitrogens is 2. The molecule has 0 aliphatic heterocycles. The lowest BCUT2D eigenvalue weighted by molar-refractivity contribution is 0.214. The molecule has 0 spiro atoms. The molecule has 1 aromatic heterocycles. The van der Waals surface area contributed by atoms with Crippen molar-refractivity contribution in [3.8, 4) is 11.4 Å². The first-order chi connectivity index (χ1) is 14.2. The van der Waals surface area contributed by atoms with Crippen molar-refractivity contribution in [3.63, 3.8) is 0 Å². The van der Waals surface area contributed by atoms with Crippen LogP contribution in [0.4, 0.5) is 4.39 Å². The van der Waals surface area contributed by atoms with Crippen molar-refractivity contribution >= 4 is 5.96 Å². The molecule has 0 amide bonds. The summed E-state index contributed by atoms with van der Waals surface area (Å²) < 4.78 is 21.1. The molecule has 152 valence electrons. The Morgan fingerprint density at radius 3 is 2.62 bits per heavy atom. The quantitative estimate of drug-likeness (QED) is 0.454. The standard InChI is InChI=1S/C22H26FN5O/c1-17(29-21-7-4-3-6-20(21)23)16-26-22(24-2)25-14-12-18-8-10-19(11-9-18)28-15-5-13-27-28/h3-11,13,15,17H,12,14,16H2,1-2H3,(H2,24,25,26). The second kappa shape index (κ2) is 10.3. The number of benzene rings is 2. The van der Waals surface area contributed by atoms with Crippen molar-refractivity contribution in [2.45, 2.75) is 19.4 Å². The molecule has 0 radical (unpaired) electrons. The zero-order valence-electron chi connectivity index (χ0n) is 16.7. The third-order valence-corrected chi connectivity index (χ3v) is 4.36. The minimum absolute atomic E-state index is 0.208. The first-order valence-corrected chi connectivity index (χ1v) is 9.60. The van der Waals surface area contributed by atoms with Gasteiger partial charge in [0, 0.05) is 26.0 Å². The molecule has 1 atom stereocenters. The van der Waals surface area contributed by atoms with E-state index in [2.05, 4.69) is 45.0 Å². The number of para-hydroxylation sites is 1. The van der Waals surface area contributed by atoms with Crippen molar-refractivity contribution in [1.82, 2.24) is 20.4 Å². The maximum Gasteiger partial charge on any atom is 0.191 e. The SMILES string of the molecule is CN=C(NCCc1ccc(-n2cccn2)cc1)NCC(C)Oc1ccccc1F. The Kier molecular flexibility index (Phi) is 7.22. The van der Waals surface area contributed by atoms with Gasteiger partial charge in [-0.05, 0) is 49.2 Å². The van der Waals surface area contributed by atoms with Gasteiger partial charge in [0.25, 0.3) is 0 Å². The second-order valence-corrected chi connectivity index (χ2v) is 6.61. The lowest BCUT2D eigenvalue weighted by Crippen LogP contribution is -2.42. The molecule has 3 rings (SSSR count). The summed E-state index contributed by atoms with van der Waals surface area (Å²) in [6.45, 7) is 3.13. The molecule has 3 aromatic rings. The van der Waals surface area contributed by atoms with E-state index in [0.29, 0.717) is 12.5 Å². The number of nitrogens with zero attached hydrogens (tertiary/aromatic N) is 3. The number of halogens is 1. The van der Waals surface area contributed by atoms with Crippen molar-refractivity contribution < 1.29 is 9.13 Å². The van der Waals surface area contributed by atoms with Gasteiger partial charge in [-0.2, -0.15) is 5.10 Å². The minimum Gasteiger partial charge on any atom is -0.486 e. The average molecular weight is 395 g/mol. The molecule has 6 nitrogen and oxygen atoms in total. The van der Waals surface area contributed by atoms with E-state index in [9.17, 15) is 4.39 Å². The van der Waals surface area contributed by atoms with E-state index in [1.165, 1.54) is 11.6 Å². The summed E-state index contributed by atoms with van der Waals surface area (Å²) in [4.78, 5) is 4.22. The highest BCUT2D eigenvalue weighted by Crippen LogP contribution is 2.16. The van der Waals surface area contributed by atoms with Gasteiger partial charge in [0.2, 0.25) is 0 Å². The Balaban J connectivity index is 1.40. The lowest BCUT2D eigenvalue weighted by Gasteiger charge is -2.18. The first-order valence-electron chi connectivity index (χ1n) is 9.60. The zero-order chi connectivity index (χ0) is 20.5. The number of ether oxygens (including phenoxy) is 1. The Morgan fingerprint density at radius 1 is 1.14 bits per heavy atom. The highest BCUT2D eigenvalue weighted by molar-refractivity contribution is 5.79. The van der Waals surface area contributed by atoms with Gasteiger partial charge < -0.3 is 15.4 Å². The van der Waals surface area contributed by atoms with Crippen LogP contribution in [0, 0.1) is 5.82 Å². The molecule has 1 heterocycles. The summed E-state index contributed by atoms with van der Waals surface area (Å²) in [6.07, 6.45) is 4.34. The molecule has 0 fully saturated rings. The Hall–Kier alpha value is -3.35. The van der Waals surface area contributed by atoms with Gasteiger partial charge in [-0.1, -0.05) is 24.3 Å². The van der Waals surface area contributed by atoms with Crippen molar-refractivity contribution in [2.24, 2.45) is 4.99 Å². The number of rotatable bonds is 8. The van der Waals surface area contributed by atoms with Gasteiger partial charge in [0.05, 0.1) is 12.2 Å². The second-order valence-electron chi connectivity index (χ2n) is 6.61. The number of hydrogen-bond donors (Lipinski definition) is 2. The maximum absolute atomic E-state index is 13.7. The fourth-order valence-corrected chi connectivity index (χ4v) is 2.82. The van der Waals surface area contributed by atoms with Crippen LogP contribution in [0.5, 0.6) is 5.75 Å². The summed E-state index contributed by atoms with van der Waals surface area (Å²) in [5.74, 6) is 0.575. The predicted octanol–water partition coefficient (Wildman–Crippen LogP) is 3.19. The van der Waals surface area contributed by atoms with Crippen LogP contribution in [0.1, 0.15) is 12.5 Å². The van der Waals surface area contributed by atoms with Crippen LogP contribution in [0.25, 0.3) is 5.69 Å². The van der Waals surface area contributed by atoms with Crippen LogP contribution >= 0.6 is 0 Å². The van der Waals surface area contributed by atoms with Gasteiger partial charge >= 0.3 is 0 Å². The van der Waals surface area contributed by atoms with E-state index in [1.54, 1.807) is 31.4 Å². The first kappa shape index (κ1) is 20.4. The largest absolute Gasteiger partial charge is 0.486 e. The summed E-state index contributed by atoms with van der Waals surface area (Å²) in [5.41, 5.74) is 2.26. The monoisotopic (exact) mass is 395 g/mol. The summed E-state index contributed by atoms with van der Waals surface area (Å²) in [7, 11) is 1.72. The van der Waals surface area contributed by atoms with Crippen LogP contribution in [0.3, 0.4) is 0 Å². The number of hydrogen-bond acceptors (Lipinski definition) is 3. The van der Waals surface area contributed by atoms with E-state index in [-0.39, 0.29) is 17.7 Å². The van der Waals surface area contributed by atoms with Gasteiger partial charge in [0.15, 0.2) is 17.5 Å². The topological polar surface area (TPSA) is 63.5 Å². The van der Waals surface area contributed by atoms with Crippen molar-refractivity contribution in [3.05, 3.63) is 78.4 Å². The molecular formula is C22H26FN5O. The Labute approximate surface area is 170 Å². The van der Waals surface area contributed by atoms with Gasteiger partial charge in [-0.15, -0.1) is 0 Å². The Bertz CT molecular complexity index is 909. The van der Waals surface area contributed by atoms with Crippen molar-refractivity contribution in [2.75, 3.05) is 20.1 Å². The third kappa shape index (κ3) is 6.07. The molecule has 1 unspecified atom stereocenters. The molecule has 2 aromatic carbocycles. The van der Waals surface area contributed by atoms with Crippen LogP contribution < -0.4 is 15.4 Å². The number of aliphatic imine (C=N–C) groups is 1. The molecular weight excluding hydrogens is 369 g/mol. The Morgan fingerprint density at radius 2 is 1.93 bits per heavy atom. The van der Waals surface area contributed by atoms with Crippen molar-refractivity contribution in [1.29, 1.82) is 0 Å². The molecule has 0 saturated carbocycles. The van der Waals surface area contributed by atoms with Gasteiger partial charge in [-0.25, -0.2) is 9.07 Å². The fourth-order valence-electron chi connectivity index (χ4n) is 2.82.